The van der Waals surface area contributed by atoms with E-state index in [1.165, 1.54) is 6.66 Å². The van der Waals surface area contributed by atoms with Crippen molar-refractivity contribution in [1.29, 1.82) is 0 Å². The molecular formula is C32H26F3O3PS. The second-order valence-corrected chi connectivity index (χ2v) is 15.4. The van der Waals surface area contributed by atoms with Crippen molar-refractivity contribution in [1.82, 2.24) is 0 Å². The average Bonchev–Trinajstić information content (AvgIpc) is 2.91. The summed E-state index contributed by atoms with van der Waals surface area (Å²) in [6, 6.07) is 29.5. The quantitative estimate of drug-likeness (QED) is 0.143. The number of alkyl halides is 3. The molecule has 0 amide bonds. The second kappa shape index (κ2) is 11.0. The van der Waals surface area contributed by atoms with E-state index in [2.05, 4.69) is 23.2 Å². The molecule has 0 aliphatic heterocycles. The molecule has 0 aliphatic carbocycles. The third-order valence-corrected chi connectivity index (χ3v) is 11.8. The molecule has 0 bridgehead atoms. The molecule has 0 atom stereocenters. The number of hydrogen-bond acceptors (Lipinski definition) is 3. The van der Waals surface area contributed by atoms with Crippen LogP contribution < -0.4 is 5.30 Å². The van der Waals surface area contributed by atoms with Crippen LogP contribution in [0.25, 0.3) is 11.1 Å². The standard InChI is InChI=1S/C32H26F3O3PS/c1-25-22-26(2)24-29(23-25)30-16-10-11-17-31(30)39(3,38-40(36,37)32(33,34)35,20-18-27-12-6-4-7-13-27)21-19-28-14-8-5-9-15-28/h4-17,22-24H,1-3H3. The van der Waals surface area contributed by atoms with Gasteiger partial charge in [0.1, 0.15) is 0 Å². The third kappa shape index (κ3) is 6.30. The molecule has 0 spiro atoms. The Balaban J connectivity index is 2.16. The van der Waals surface area contributed by atoms with E-state index in [1.54, 1.807) is 84.9 Å². The van der Waals surface area contributed by atoms with Gasteiger partial charge in [0.05, 0.1) is 0 Å². The molecule has 0 aliphatic rings. The Morgan fingerprint density at radius 2 is 1.15 bits per heavy atom. The number of rotatable bonds is 4. The number of aryl methyl sites for hydroxylation is 2. The second-order valence-electron chi connectivity index (χ2n) is 9.54. The van der Waals surface area contributed by atoms with E-state index in [4.69, 9.17) is 3.97 Å². The third-order valence-electron chi connectivity index (χ3n) is 6.07. The first-order valence-electron chi connectivity index (χ1n) is 12.2. The zero-order valence-corrected chi connectivity index (χ0v) is 23.7. The minimum absolute atomic E-state index is 0.179. The summed E-state index contributed by atoms with van der Waals surface area (Å²) in [5, 5.41) is 0.179. The zero-order valence-electron chi connectivity index (χ0n) is 22.0. The van der Waals surface area contributed by atoms with E-state index in [9.17, 15) is 21.6 Å². The van der Waals surface area contributed by atoms with Crippen molar-refractivity contribution >= 4 is 22.3 Å². The predicted molar refractivity (Wildman–Crippen MR) is 157 cm³/mol. The van der Waals surface area contributed by atoms with E-state index < -0.39 is 22.5 Å². The van der Waals surface area contributed by atoms with Gasteiger partial charge in [-0.25, -0.2) is 0 Å². The van der Waals surface area contributed by atoms with Crippen LogP contribution in [0.15, 0.2) is 103 Å². The predicted octanol–water partition coefficient (Wildman–Crippen LogP) is 7.58. The Morgan fingerprint density at radius 1 is 0.700 bits per heavy atom. The topological polar surface area (TPSA) is 43.4 Å². The van der Waals surface area contributed by atoms with Crippen LogP contribution in [-0.4, -0.2) is 20.6 Å². The molecule has 204 valence electrons. The van der Waals surface area contributed by atoms with E-state index in [0.29, 0.717) is 22.3 Å². The Bertz CT molecular complexity index is 1700. The van der Waals surface area contributed by atoms with E-state index in [1.807, 2.05) is 32.0 Å². The Morgan fingerprint density at radius 3 is 1.62 bits per heavy atom. The molecule has 4 aromatic rings. The SMILES string of the molecule is Cc1cc(C)cc(-c2ccccc2P(C)(C#Cc2ccccc2)(C#Cc2ccccc2)OS(=O)(=O)C(F)(F)F)c1. The van der Waals surface area contributed by atoms with Crippen LogP contribution in [-0.2, 0) is 14.1 Å². The fraction of sp³-hybridized carbons (Fsp3) is 0.125. The molecule has 0 saturated carbocycles. The van der Waals surface area contributed by atoms with Gasteiger partial charge < -0.3 is 0 Å². The summed E-state index contributed by atoms with van der Waals surface area (Å²) in [5.74, 6) is 5.77. The van der Waals surface area contributed by atoms with E-state index in [0.717, 1.165) is 11.1 Å². The van der Waals surface area contributed by atoms with Gasteiger partial charge in [0.2, 0.25) is 0 Å². The molecule has 40 heavy (non-hydrogen) atoms. The van der Waals surface area contributed by atoms with Crippen LogP contribution in [0.1, 0.15) is 22.3 Å². The van der Waals surface area contributed by atoms with Gasteiger partial charge in [-0.05, 0) is 0 Å². The van der Waals surface area contributed by atoms with Crippen molar-refractivity contribution < 1.29 is 25.6 Å². The first-order chi connectivity index (χ1) is 18.8. The van der Waals surface area contributed by atoms with Gasteiger partial charge in [-0.15, -0.1) is 0 Å². The fourth-order valence-corrected chi connectivity index (χ4v) is 9.51. The Labute approximate surface area is 233 Å². The van der Waals surface area contributed by atoms with Gasteiger partial charge in [0.15, 0.2) is 0 Å². The molecule has 8 heteroatoms. The average molecular weight is 579 g/mol. The summed E-state index contributed by atoms with van der Waals surface area (Å²) in [5.41, 5.74) is 4.04. The molecule has 0 N–H and O–H groups in total. The van der Waals surface area contributed by atoms with Crippen LogP contribution in [0.2, 0.25) is 0 Å². The van der Waals surface area contributed by atoms with E-state index in [-0.39, 0.29) is 5.30 Å². The molecule has 4 aromatic carbocycles. The zero-order chi connectivity index (χ0) is 29.0. The molecule has 0 unspecified atom stereocenters. The minimum atomic E-state index is -6.13. The number of halogens is 3. The maximum atomic E-state index is 13.9. The van der Waals surface area contributed by atoms with Crippen molar-refractivity contribution in [3.63, 3.8) is 0 Å². The van der Waals surface area contributed by atoms with Crippen LogP contribution in [0.4, 0.5) is 13.2 Å². The van der Waals surface area contributed by atoms with E-state index >= 15 is 0 Å². The molecule has 0 aromatic heterocycles. The fourth-order valence-electron chi connectivity index (χ4n) is 4.27. The molecule has 0 heterocycles. The van der Waals surface area contributed by atoms with Crippen molar-refractivity contribution in [2.24, 2.45) is 0 Å². The maximum absolute atomic E-state index is 13.9. The summed E-state index contributed by atoms with van der Waals surface area (Å²) in [6.07, 6.45) is 0. The summed E-state index contributed by atoms with van der Waals surface area (Å²) >= 11 is 0. The molecule has 4 rings (SSSR count). The molecule has 0 saturated heterocycles. The van der Waals surface area contributed by atoms with Gasteiger partial charge in [-0.2, -0.15) is 0 Å². The van der Waals surface area contributed by atoms with Crippen LogP contribution in [0.3, 0.4) is 0 Å². The summed E-state index contributed by atoms with van der Waals surface area (Å²) < 4.78 is 72.7. The summed E-state index contributed by atoms with van der Waals surface area (Å²) in [6.45, 7) is 0.0132. The van der Waals surface area contributed by atoms with Crippen LogP contribution in [0.5, 0.6) is 0 Å². The van der Waals surface area contributed by atoms with Gasteiger partial charge in [-0.3, -0.25) is 0 Å². The summed E-state index contributed by atoms with van der Waals surface area (Å²) in [7, 11) is -6.13. The first-order valence-corrected chi connectivity index (χ1v) is 16.2. The monoisotopic (exact) mass is 578 g/mol. The van der Waals surface area contributed by atoms with Gasteiger partial charge in [-0.1, -0.05) is 0 Å². The van der Waals surface area contributed by atoms with Gasteiger partial charge in [0, 0.05) is 0 Å². The van der Waals surface area contributed by atoms with Crippen LogP contribution >= 0.6 is 6.83 Å². The van der Waals surface area contributed by atoms with Crippen molar-refractivity contribution in [3.8, 4) is 34.3 Å². The van der Waals surface area contributed by atoms with Crippen molar-refractivity contribution in [2.45, 2.75) is 19.4 Å². The normalized spacial score (nSPS) is 12.7. The number of hydrogen-bond donors (Lipinski definition) is 0. The first kappa shape index (κ1) is 29.1. The Kier molecular flexibility index (Phi) is 7.97. The van der Waals surface area contributed by atoms with Crippen LogP contribution in [0, 0.1) is 37.0 Å². The van der Waals surface area contributed by atoms with Crippen molar-refractivity contribution in [2.75, 3.05) is 6.66 Å². The Hall–Kier alpha value is -3.87. The molecule has 3 nitrogen and oxygen atoms in total. The van der Waals surface area contributed by atoms with Crippen molar-refractivity contribution in [3.05, 3.63) is 125 Å². The molecule has 0 radical (unpaired) electrons. The molecular weight excluding hydrogens is 552 g/mol. The number of benzene rings is 4. The summed E-state index contributed by atoms with van der Waals surface area (Å²) in [4.78, 5) is 0. The molecule has 0 fully saturated rings. The van der Waals surface area contributed by atoms with Gasteiger partial charge in [0.25, 0.3) is 0 Å². The van der Waals surface area contributed by atoms with Gasteiger partial charge >= 0.3 is 234 Å².